The van der Waals surface area contributed by atoms with Crippen LogP contribution in [0.25, 0.3) is 0 Å². The van der Waals surface area contributed by atoms with Gasteiger partial charge in [-0.25, -0.2) is 0 Å². The minimum Gasteiger partial charge on any atom is -0.360 e. The van der Waals surface area contributed by atoms with Gasteiger partial charge in [0.1, 0.15) is 0 Å². The predicted molar refractivity (Wildman–Crippen MR) is 59.1 cm³/mol. The Morgan fingerprint density at radius 2 is 2.42 bits per heavy atom. The lowest BCUT2D eigenvalue weighted by Crippen LogP contribution is -2.01. The highest BCUT2D eigenvalue weighted by Crippen LogP contribution is 2.19. The molecule has 1 aromatic heterocycles. The first kappa shape index (κ1) is 10.3. The summed E-state index contributed by atoms with van der Waals surface area (Å²) >= 11 is 6.64. The Labute approximate surface area is 88.5 Å². The van der Waals surface area contributed by atoms with Gasteiger partial charge < -0.3 is 5.32 Å². The van der Waals surface area contributed by atoms with Crippen molar-refractivity contribution >= 4 is 44.2 Å². The van der Waals surface area contributed by atoms with Gasteiger partial charge >= 0.3 is 0 Å². The average Bonchev–Trinajstić information content (AvgIpc) is 2.45. The number of thioether (sulfide) groups is 1. The van der Waals surface area contributed by atoms with E-state index in [0.29, 0.717) is 0 Å². The molecule has 1 N–H and O–H groups in total. The number of rotatable bonds is 5. The molecule has 0 aliphatic heterocycles. The van der Waals surface area contributed by atoms with E-state index in [1.165, 1.54) is 23.5 Å². The summed E-state index contributed by atoms with van der Waals surface area (Å²) in [6, 6.07) is 0. The van der Waals surface area contributed by atoms with Crippen LogP contribution in [0.2, 0.25) is 0 Å². The molecule has 0 saturated carbocycles. The zero-order chi connectivity index (χ0) is 8.81. The van der Waals surface area contributed by atoms with E-state index in [-0.39, 0.29) is 0 Å². The molecule has 0 aromatic carbocycles. The van der Waals surface area contributed by atoms with Crippen LogP contribution in [0.4, 0.5) is 5.13 Å². The van der Waals surface area contributed by atoms with Crippen molar-refractivity contribution in [2.75, 3.05) is 23.9 Å². The fourth-order valence-corrected chi connectivity index (χ4v) is 2.16. The van der Waals surface area contributed by atoms with Gasteiger partial charge in [-0.05, 0) is 34.4 Å². The third-order valence-electron chi connectivity index (χ3n) is 1.20. The molecular weight excluding hydrogens is 258 g/mol. The highest BCUT2D eigenvalue weighted by atomic mass is 79.9. The largest absolute Gasteiger partial charge is 0.360 e. The Kier molecular flexibility index (Phi) is 4.94. The van der Waals surface area contributed by atoms with Crippen molar-refractivity contribution in [2.24, 2.45) is 0 Å². The molecular formula is C6H10BrN3S2. The second kappa shape index (κ2) is 5.77. The van der Waals surface area contributed by atoms with Gasteiger partial charge in [0.15, 0.2) is 3.92 Å². The molecule has 0 aliphatic carbocycles. The summed E-state index contributed by atoms with van der Waals surface area (Å²) in [7, 11) is 0. The summed E-state index contributed by atoms with van der Waals surface area (Å²) in [5, 5.41) is 11.8. The van der Waals surface area contributed by atoms with Crippen LogP contribution in [-0.2, 0) is 0 Å². The van der Waals surface area contributed by atoms with Gasteiger partial charge in [0.2, 0.25) is 5.13 Å². The highest BCUT2D eigenvalue weighted by Gasteiger charge is 1.98. The minimum absolute atomic E-state index is 0.829. The van der Waals surface area contributed by atoms with Crippen molar-refractivity contribution in [1.29, 1.82) is 0 Å². The minimum atomic E-state index is 0.829. The predicted octanol–water partition coefficient (Wildman–Crippen LogP) is 2.47. The molecule has 12 heavy (non-hydrogen) atoms. The fraction of sp³-hybridized carbons (Fsp3) is 0.667. The van der Waals surface area contributed by atoms with Crippen molar-refractivity contribution in [2.45, 2.75) is 6.42 Å². The van der Waals surface area contributed by atoms with Gasteiger partial charge in [0.05, 0.1) is 0 Å². The molecule has 0 bridgehead atoms. The lowest BCUT2D eigenvalue weighted by atomic mass is 10.5. The summed E-state index contributed by atoms with van der Waals surface area (Å²) in [4.78, 5) is 0. The first-order valence-electron chi connectivity index (χ1n) is 3.54. The number of halogens is 1. The monoisotopic (exact) mass is 267 g/mol. The third kappa shape index (κ3) is 3.73. The Hall–Kier alpha value is 0.190. The number of hydrogen-bond acceptors (Lipinski definition) is 5. The molecule has 0 aliphatic rings. The summed E-state index contributed by atoms with van der Waals surface area (Å²) in [5.74, 6) is 1.19. The summed E-state index contributed by atoms with van der Waals surface area (Å²) in [6.45, 7) is 0.975. The van der Waals surface area contributed by atoms with Crippen LogP contribution in [-0.4, -0.2) is 28.8 Å². The van der Waals surface area contributed by atoms with Crippen molar-refractivity contribution in [3.63, 3.8) is 0 Å². The maximum absolute atomic E-state index is 3.92. The van der Waals surface area contributed by atoms with Crippen molar-refractivity contribution in [3.05, 3.63) is 3.92 Å². The molecule has 3 nitrogen and oxygen atoms in total. The molecule has 0 radical (unpaired) electrons. The summed E-state index contributed by atoms with van der Waals surface area (Å²) < 4.78 is 0.829. The standard InChI is InChI=1S/C6H10BrN3S2/c1-11-4-2-3-8-6-10-9-5(7)12-6/h2-4H2,1H3,(H,8,10). The SMILES string of the molecule is CSCCCNc1nnc(Br)s1. The topological polar surface area (TPSA) is 37.8 Å². The third-order valence-corrected chi connectivity index (χ3v) is 3.21. The maximum Gasteiger partial charge on any atom is 0.206 e. The molecule has 68 valence electrons. The molecule has 1 heterocycles. The molecule has 6 heteroatoms. The van der Waals surface area contributed by atoms with Gasteiger partial charge in [-0.3, -0.25) is 0 Å². The summed E-state index contributed by atoms with van der Waals surface area (Å²) in [6.07, 6.45) is 3.28. The van der Waals surface area contributed by atoms with Crippen LogP contribution in [0.5, 0.6) is 0 Å². The quantitative estimate of drug-likeness (QED) is 0.832. The Bertz CT molecular complexity index is 228. The molecule has 1 aromatic rings. The van der Waals surface area contributed by atoms with Crippen molar-refractivity contribution < 1.29 is 0 Å². The van der Waals surface area contributed by atoms with E-state index in [9.17, 15) is 0 Å². The van der Waals surface area contributed by atoms with E-state index in [2.05, 4.69) is 37.7 Å². The molecule has 0 saturated heterocycles. The molecule has 0 atom stereocenters. The average molecular weight is 268 g/mol. The first-order chi connectivity index (χ1) is 5.83. The smallest absolute Gasteiger partial charge is 0.206 e. The second-order valence-corrected chi connectivity index (χ2v) is 5.37. The van der Waals surface area contributed by atoms with E-state index in [4.69, 9.17) is 0 Å². The van der Waals surface area contributed by atoms with Gasteiger partial charge in [0.25, 0.3) is 0 Å². The lowest BCUT2D eigenvalue weighted by molar-refractivity contribution is 0.972. The molecule has 1 rings (SSSR count). The Balaban J connectivity index is 2.15. The zero-order valence-corrected chi connectivity index (χ0v) is 9.93. The lowest BCUT2D eigenvalue weighted by Gasteiger charge is -1.98. The molecule has 0 spiro atoms. The molecule has 0 amide bonds. The van der Waals surface area contributed by atoms with E-state index in [1.807, 2.05) is 11.8 Å². The fourth-order valence-electron chi connectivity index (χ4n) is 0.689. The second-order valence-electron chi connectivity index (χ2n) is 2.13. The highest BCUT2D eigenvalue weighted by molar-refractivity contribution is 9.11. The van der Waals surface area contributed by atoms with E-state index < -0.39 is 0 Å². The van der Waals surface area contributed by atoms with Crippen LogP contribution >= 0.6 is 39.0 Å². The van der Waals surface area contributed by atoms with Gasteiger partial charge in [-0.2, -0.15) is 11.8 Å². The van der Waals surface area contributed by atoms with Crippen molar-refractivity contribution in [3.8, 4) is 0 Å². The molecule has 0 unspecified atom stereocenters. The molecule has 0 fully saturated rings. The number of anilines is 1. The van der Waals surface area contributed by atoms with Crippen LogP contribution < -0.4 is 5.32 Å². The van der Waals surface area contributed by atoms with Crippen LogP contribution in [0, 0.1) is 0 Å². The van der Waals surface area contributed by atoms with Crippen LogP contribution in [0.3, 0.4) is 0 Å². The number of nitrogens with one attached hydrogen (secondary N) is 1. The first-order valence-corrected chi connectivity index (χ1v) is 6.55. The zero-order valence-electron chi connectivity index (χ0n) is 6.71. The van der Waals surface area contributed by atoms with Gasteiger partial charge in [-0.1, -0.05) is 11.3 Å². The Morgan fingerprint density at radius 1 is 1.58 bits per heavy atom. The Morgan fingerprint density at radius 3 is 3.00 bits per heavy atom. The number of nitrogens with zero attached hydrogens (tertiary/aromatic N) is 2. The normalized spacial score (nSPS) is 10.2. The number of hydrogen-bond donors (Lipinski definition) is 1. The maximum atomic E-state index is 3.92. The van der Waals surface area contributed by atoms with Crippen molar-refractivity contribution in [1.82, 2.24) is 10.2 Å². The van der Waals surface area contributed by atoms with Crippen LogP contribution in [0.15, 0.2) is 3.92 Å². The van der Waals surface area contributed by atoms with Gasteiger partial charge in [0, 0.05) is 6.54 Å². The summed E-state index contributed by atoms with van der Waals surface area (Å²) in [5.41, 5.74) is 0. The van der Waals surface area contributed by atoms with E-state index in [1.54, 1.807) is 0 Å². The van der Waals surface area contributed by atoms with Crippen LogP contribution in [0.1, 0.15) is 6.42 Å². The number of aromatic nitrogens is 2. The van der Waals surface area contributed by atoms with Gasteiger partial charge in [-0.15, -0.1) is 10.2 Å². The van der Waals surface area contributed by atoms with E-state index >= 15 is 0 Å². The van der Waals surface area contributed by atoms with E-state index in [0.717, 1.165) is 15.6 Å².